The Labute approximate surface area is 131 Å². The number of halogens is 3. The lowest BCUT2D eigenvalue weighted by molar-refractivity contribution is -0.143. The Morgan fingerprint density at radius 1 is 1.35 bits per heavy atom. The first-order chi connectivity index (χ1) is 10.7. The third-order valence-electron chi connectivity index (χ3n) is 3.54. The lowest BCUT2D eigenvalue weighted by atomic mass is 10.0. The zero-order valence-electron chi connectivity index (χ0n) is 12.6. The minimum Gasteiger partial charge on any atom is -0.480 e. The van der Waals surface area contributed by atoms with Crippen LogP contribution < -0.4 is 0 Å². The molecular formula is C15H16F3N3O2. The minimum absolute atomic E-state index is 0.251. The highest BCUT2D eigenvalue weighted by molar-refractivity contribution is 5.75. The second-order valence-corrected chi connectivity index (χ2v) is 5.23. The van der Waals surface area contributed by atoms with Gasteiger partial charge in [-0.1, -0.05) is 12.1 Å². The van der Waals surface area contributed by atoms with Crippen LogP contribution in [0.3, 0.4) is 0 Å². The molecule has 0 bridgehead atoms. The number of rotatable bonds is 5. The number of imidazole rings is 1. The van der Waals surface area contributed by atoms with E-state index < -0.39 is 23.8 Å². The number of aliphatic carboxylic acids is 1. The van der Waals surface area contributed by atoms with Gasteiger partial charge in [-0.2, -0.15) is 13.2 Å². The quantitative estimate of drug-likeness (QED) is 0.917. The average Bonchev–Trinajstić information content (AvgIpc) is 2.83. The molecule has 124 valence electrons. The molecule has 1 N–H and O–H groups in total. The van der Waals surface area contributed by atoms with Crippen molar-refractivity contribution in [1.82, 2.24) is 14.5 Å². The summed E-state index contributed by atoms with van der Waals surface area (Å²) in [6.07, 6.45) is -1.12. The van der Waals surface area contributed by atoms with Crippen molar-refractivity contribution in [3.8, 4) is 0 Å². The summed E-state index contributed by atoms with van der Waals surface area (Å²) in [4.78, 5) is 17.2. The van der Waals surface area contributed by atoms with E-state index in [1.807, 2.05) is 0 Å². The second kappa shape index (κ2) is 6.41. The maximum absolute atomic E-state index is 12.6. The van der Waals surface area contributed by atoms with Gasteiger partial charge in [-0.15, -0.1) is 0 Å². The number of alkyl halides is 3. The third kappa shape index (κ3) is 3.89. The van der Waals surface area contributed by atoms with Gasteiger partial charge in [-0.25, -0.2) is 4.98 Å². The zero-order valence-corrected chi connectivity index (χ0v) is 12.6. The molecule has 1 aromatic heterocycles. The van der Waals surface area contributed by atoms with E-state index in [2.05, 4.69) is 4.98 Å². The van der Waals surface area contributed by atoms with E-state index in [-0.39, 0.29) is 12.1 Å². The number of carbonyl (C=O) groups is 1. The van der Waals surface area contributed by atoms with Crippen molar-refractivity contribution < 1.29 is 23.1 Å². The molecular weight excluding hydrogens is 311 g/mol. The number of benzene rings is 1. The zero-order chi connectivity index (χ0) is 17.2. The molecule has 0 spiro atoms. The average molecular weight is 327 g/mol. The van der Waals surface area contributed by atoms with E-state index in [0.29, 0.717) is 5.82 Å². The first-order valence-electron chi connectivity index (χ1n) is 6.76. The summed E-state index contributed by atoms with van der Waals surface area (Å²) in [6, 6.07) is 3.10. The molecule has 0 aliphatic carbocycles. The predicted molar refractivity (Wildman–Crippen MR) is 76.5 cm³/mol. The molecule has 1 heterocycles. The maximum Gasteiger partial charge on any atom is 0.416 e. The van der Waals surface area contributed by atoms with Crippen LogP contribution in [0.2, 0.25) is 0 Å². The first-order valence-corrected chi connectivity index (χ1v) is 6.76. The molecule has 23 heavy (non-hydrogen) atoms. The highest BCUT2D eigenvalue weighted by Crippen LogP contribution is 2.31. The van der Waals surface area contributed by atoms with Crippen LogP contribution in [0.4, 0.5) is 13.2 Å². The Morgan fingerprint density at radius 2 is 1.96 bits per heavy atom. The topological polar surface area (TPSA) is 58.4 Å². The largest absolute Gasteiger partial charge is 0.480 e. The van der Waals surface area contributed by atoms with Crippen LogP contribution in [-0.2, 0) is 24.6 Å². The Balaban J connectivity index is 2.24. The summed E-state index contributed by atoms with van der Waals surface area (Å²) in [6.45, 7) is 0.251. The van der Waals surface area contributed by atoms with E-state index in [4.69, 9.17) is 0 Å². The number of carboxylic acid groups (broad SMARTS) is 1. The van der Waals surface area contributed by atoms with Gasteiger partial charge in [0.05, 0.1) is 12.1 Å². The first kappa shape index (κ1) is 17.0. The van der Waals surface area contributed by atoms with Gasteiger partial charge in [-0.05, 0) is 24.7 Å². The fourth-order valence-corrected chi connectivity index (χ4v) is 2.30. The van der Waals surface area contributed by atoms with Crippen LogP contribution in [0.25, 0.3) is 0 Å². The van der Waals surface area contributed by atoms with Crippen molar-refractivity contribution in [2.75, 3.05) is 7.05 Å². The van der Waals surface area contributed by atoms with Gasteiger partial charge in [0, 0.05) is 19.4 Å². The molecule has 0 aliphatic rings. The lowest BCUT2D eigenvalue weighted by Crippen LogP contribution is -2.31. The van der Waals surface area contributed by atoms with Crippen LogP contribution >= 0.6 is 0 Å². The van der Waals surface area contributed by atoms with Gasteiger partial charge in [0.2, 0.25) is 0 Å². The van der Waals surface area contributed by atoms with Crippen LogP contribution in [0, 0.1) is 0 Å². The highest BCUT2D eigenvalue weighted by Gasteiger charge is 2.31. The van der Waals surface area contributed by atoms with Gasteiger partial charge in [0.25, 0.3) is 0 Å². The van der Waals surface area contributed by atoms with E-state index >= 15 is 0 Å². The summed E-state index contributed by atoms with van der Waals surface area (Å²) >= 11 is 0. The fourth-order valence-electron chi connectivity index (χ4n) is 2.30. The number of aryl methyl sites for hydroxylation is 1. The molecule has 0 radical (unpaired) electrons. The summed E-state index contributed by atoms with van der Waals surface area (Å²) < 4.78 is 39.5. The Bertz CT molecular complexity index is 680. The second-order valence-electron chi connectivity index (χ2n) is 5.23. The molecule has 0 aliphatic heterocycles. The number of hydrogen-bond acceptors (Lipinski definition) is 3. The van der Waals surface area contributed by atoms with Crippen LogP contribution in [0.15, 0.2) is 36.7 Å². The molecule has 2 aromatic rings. The van der Waals surface area contributed by atoms with Gasteiger partial charge in [-0.3, -0.25) is 9.69 Å². The number of hydrogen-bond donors (Lipinski definition) is 1. The van der Waals surface area contributed by atoms with Gasteiger partial charge >= 0.3 is 12.1 Å². The van der Waals surface area contributed by atoms with Crippen molar-refractivity contribution in [2.24, 2.45) is 7.05 Å². The molecule has 0 saturated heterocycles. The van der Waals surface area contributed by atoms with Crippen molar-refractivity contribution in [2.45, 2.75) is 18.8 Å². The summed E-state index contributed by atoms with van der Waals surface area (Å²) in [7, 11) is 3.37. The number of carboxylic acids is 1. The molecule has 1 atom stereocenters. The van der Waals surface area contributed by atoms with E-state index in [1.165, 1.54) is 17.0 Å². The SMILES string of the molecule is CN(Cc1nccn1C)C(C(=O)O)c1ccc(C(F)(F)F)cc1. The molecule has 2 rings (SSSR count). The van der Waals surface area contributed by atoms with E-state index in [9.17, 15) is 23.1 Å². The molecule has 8 heteroatoms. The number of nitrogens with zero attached hydrogens (tertiary/aromatic N) is 3. The molecule has 1 unspecified atom stereocenters. The van der Waals surface area contributed by atoms with Gasteiger partial charge in [0.15, 0.2) is 0 Å². The van der Waals surface area contributed by atoms with Crippen LogP contribution in [-0.4, -0.2) is 32.6 Å². The standard InChI is InChI=1S/C15H16F3N3O2/c1-20-8-7-19-12(20)9-21(2)13(14(22)23)10-3-5-11(6-4-10)15(16,17)18/h3-8,13H,9H2,1-2H3,(H,22,23). The Kier molecular flexibility index (Phi) is 4.74. The monoisotopic (exact) mass is 327 g/mol. The Morgan fingerprint density at radius 3 is 2.39 bits per heavy atom. The molecule has 0 saturated carbocycles. The molecule has 0 fully saturated rings. The fraction of sp³-hybridized carbons (Fsp3) is 0.333. The summed E-state index contributed by atoms with van der Waals surface area (Å²) in [5, 5.41) is 9.43. The third-order valence-corrected chi connectivity index (χ3v) is 3.54. The van der Waals surface area contributed by atoms with Crippen LogP contribution in [0.1, 0.15) is 23.0 Å². The smallest absolute Gasteiger partial charge is 0.416 e. The van der Waals surface area contributed by atoms with Crippen molar-refractivity contribution in [1.29, 1.82) is 0 Å². The van der Waals surface area contributed by atoms with Crippen LogP contribution in [0.5, 0.6) is 0 Å². The maximum atomic E-state index is 12.6. The molecule has 0 amide bonds. The number of likely N-dealkylation sites (N-methyl/N-ethyl adjacent to an activating group) is 1. The summed E-state index contributed by atoms with van der Waals surface area (Å²) in [5.41, 5.74) is -0.528. The predicted octanol–water partition coefficient (Wildman–Crippen LogP) is 2.70. The van der Waals surface area contributed by atoms with Gasteiger partial charge < -0.3 is 9.67 Å². The van der Waals surface area contributed by atoms with Crippen molar-refractivity contribution in [3.05, 3.63) is 53.6 Å². The summed E-state index contributed by atoms with van der Waals surface area (Å²) in [5.74, 6) is -0.480. The van der Waals surface area contributed by atoms with E-state index in [0.717, 1.165) is 12.1 Å². The molecule has 5 nitrogen and oxygen atoms in total. The molecule has 1 aromatic carbocycles. The minimum atomic E-state index is -4.45. The van der Waals surface area contributed by atoms with E-state index in [1.54, 1.807) is 31.1 Å². The van der Waals surface area contributed by atoms with Crippen molar-refractivity contribution >= 4 is 5.97 Å². The number of aromatic nitrogens is 2. The lowest BCUT2D eigenvalue weighted by Gasteiger charge is -2.25. The highest BCUT2D eigenvalue weighted by atomic mass is 19.4. The van der Waals surface area contributed by atoms with Crippen molar-refractivity contribution in [3.63, 3.8) is 0 Å². The van der Waals surface area contributed by atoms with Gasteiger partial charge in [0.1, 0.15) is 11.9 Å². The normalized spacial score (nSPS) is 13.3. The Hall–Kier alpha value is -2.35.